The van der Waals surface area contributed by atoms with Crippen LogP contribution >= 0.6 is 0 Å². The second kappa shape index (κ2) is 6.79. The van der Waals surface area contributed by atoms with Gasteiger partial charge in [-0.1, -0.05) is 18.6 Å². The highest BCUT2D eigenvalue weighted by Gasteiger charge is 2.37. The smallest absolute Gasteiger partial charge is 0.224 e. The molecule has 0 atom stereocenters. The first-order chi connectivity index (χ1) is 10.3. The van der Waals surface area contributed by atoms with Gasteiger partial charge < -0.3 is 10.1 Å². The van der Waals surface area contributed by atoms with Gasteiger partial charge in [0.25, 0.3) is 0 Å². The molecule has 1 aromatic carbocycles. The van der Waals surface area contributed by atoms with Gasteiger partial charge in [0.1, 0.15) is 0 Å². The van der Waals surface area contributed by atoms with E-state index in [0.717, 1.165) is 18.4 Å². The third-order valence-corrected chi connectivity index (χ3v) is 5.37. The maximum absolute atomic E-state index is 12.0. The summed E-state index contributed by atoms with van der Waals surface area (Å²) in [5.74, 6) is -0.0468. The van der Waals surface area contributed by atoms with Crippen LogP contribution in [-0.2, 0) is 25.8 Å². The van der Waals surface area contributed by atoms with Gasteiger partial charge in [0.15, 0.2) is 9.84 Å². The zero-order valence-electron chi connectivity index (χ0n) is 13.1. The van der Waals surface area contributed by atoms with Gasteiger partial charge in [-0.3, -0.25) is 4.79 Å². The molecule has 1 aromatic rings. The van der Waals surface area contributed by atoms with E-state index in [0.29, 0.717) is 13.2 Å². The topological polar surface area (TPSA) is 72.5 Å². The average Bonchev–Trinajstić information content (AvgIpc) is 2.41. The lowest BCUT2D eigenvalue weighted by Crippen LogP contribution is -2.45. The van der Waals surface area contributed by atoms with Crippen molar-refractivity contribution in [3.8, 4) is 0 Å². The Morgan fingerprint density at radius 3 is 2.36 bits per heavy atom. The van der Waals surface area contributed by atoms with E-state index in [-0.39, 0.29) is 22.6 Å². The van der Waals surface area contributed by atoms with Crippen molar-refractivity contribution < 1.29 is 17.9 Å². The van der Waals surface area contributed by atoms with Gasteiger partial charge in [-0.2, -0.15) is 0 Å². The number of methoxy groups -OCH3 is 1. The second-order valence-electron chi connectivity index (χ2n) is 6.16. The van der Waals surface area contributed by atoms with Crippen LogP contribution in [0, 0.1) is 5.41 Å². The van der Waals surface area contributed by atoms with Gasteiger partial charge in [0.2, 0.25) is 5.91 Å². The molecule has 0 spiro atoms. The first-order valence-electron chi connectivity index (χ1n) is 7.39. The molecule has 1 N–H and O–H groups in total. The molecule has 1 fully saturated rings. The summed E-state index contributed by atoms with van der Waals surface area (Å²) >= 11 is 0. The fourth-order valence-corrected chi connectivity index (χ4v) is 3.37. The molecular formula is C16H23NO4S. The van der Waals surface area contributed by atoms with Crippen molar-refractivity contribution >= 4 is 15.7 Å². The van der Waals surface area contributed by atoms with Crippen molar-refractivity contribution in [3.05, 3.63) is 29.8 Å². The van der Waals surface area contributed by atoms with Crippen molar-refractivity contribution in [1.82, 2.24) is 5.32 Å². The van der Waals surface area contributed by atoms with Gasteiger partial charge in [-0.25, -0.2) is 8.42 Å². The van der Waals surface area contributed by atoms with Crippen LogP contribution in [0.15, 0.2) is 29.2 Å². The Labute approximate surface area is 132 Å². The van der Waals surface area contributed by atoms with Gasteiger partial charge >= 0.3 is 0 Å². The lowest BCUT2D eigenvalue weighted by atomic mass is 9.69. The minimum atomic E-state index is -3.19. The van der Waals surface area contributed by atoms with E-state index in [4.69, 9.17) is 4.74 Å². The summed E-state index contributed by atoms with van der Waals surface area (Å²) in [5, 5.41) is 2.97. The molecule has 1 aliphatic carbocycles. The maximum atomic E-state index is 12.0. The van der Waals surface area contributed by atoms with Crippen molar-refractivity contribution in [2.75, 3.05) is 26.5 Å². The zero-order valence-corrected chi connectivity index (χ0v) is 13.9. The van der Waals surface area contributed by atoms with Crippen LogP contribution in [0.5, 0.6) is 0 Å². The van der Waals surface area contributed by atoms with E-state index in [1.54, 1.807) is 19.2 Å². The van der Waals surface area contributed by atoms with E-state index in [9.17, 15) is 13.2 Å². The third kappa shape index (κ3) is 4.30. The zero-order chi connectivity index (χ0) is 16.2. The first-order valence-corrected chi connectivity index (χ1v) is 9.28. The molecule has 0 aromatic heterocycles. The molecule has 0 radical (unpaired) electrons. The Morgan fingerprint density at radius 2 is 1.91 bits per heavy atom. The number of sulfone groups is 1. The summed E-state index contributed by atoms with van der Waals surface area (Å²) in [6, 6.07) is 6.45. The molecule has 0 unspecified atom stereocenters. The maximum Gasteiger partial charge on any atom is 0.224 e. The molecule has 5 nitrogen and oxygen atoms in total. The van der Waals surface area contributed by atoms with E-state index in [1.165, 1.54) is 24.8 Å². The Kier molecular flexibility index (Phi) is 5.24. The number of hydrogen-bond donors (Lipinski definition) is 1. The summed E-state index contributed by atoms with van der Waals surface area (Å²) in [7, 11) is -1.51. The van der Waals surface area contributed by atoms with Crippen LogP contribution in [0.3, 0.4) is 0 Å². The largest absolute Gasteiger partial charge is 0.384 e. The van der Waals surface area contributed by atoms with Crippen molar-refractivity contribution in [1.29, 1.82) is 0 Å². The van der Waals surface area contributed by atoms with Crippen LogP contribution in [0.2, 0.25) is 0 Å². The fourth-order valence-electron chi connectivity index (χ4n) is 2.74. The van der Waals surface area contributed by atoms with Gasteiger partial charge in [0, 0.05) is 25.3 Å². The number of rotatable bonds is 7. The summed E-state index contributed by atoms with van der Waals surface area (Å²) < 4.78 is 28.0. The van der Waals surface area contributed by atoms with E-state index < -0.39 is 9.84 Å². The second-order valence-corrected chi connectivity index (χ2v) is 8.17. The molecule has 0 bridgehead atoms. The third-order valence-electron chi connectivity index (χ3n) is 4.24. The van der Waals surface area contributed by atoms with E-state index >= 15 is 0 Å². The molecule has 6 heteroatoms. The van der Waals surface area contributed by atoms with Gasteiger partial charge in [0.05, 0.1) is 17.9 Å². The summed E-state index contributed by atoms with van der Waals surface area (Å²) in [5.41, 5.74) is 0.907. The number of benzene rings is 1. The van der Waals surface area contributed by atoms with E-state index in [2.05, 4.69) is 5.32 Å². The van der Waals surface area contributed by atoms with E-state index in [1.807, 2.05) is 0 Å². The van der Waals surface area contributed by atoms with Crippen LogP contribution in [0.25, 0.3) is 0 Å². The van der Waals surface area contributed by atoms with Gasteiger partial charge in [-0.15, -0.1) is 0 Å². The quantitative estimate of drug-likeness (QED) is 0.826. The Bertz CT molecular complexity index is 618. The van der Waals surface area contributed by atoms with Gasteiger partial charge in [-0.05, 0) is 30.5 Å². The minimum Gasteiger partial charge on any atom is -0.384 e. The molecule has 0 aliphatic heterocycles. The minimum absolute atomic E-state index is 0.0468. The van der Waals surface area contributed by atoms with Crippen LogP contribution in [-0.4, -0.2) is 40.8 Å². The highest BCUT2D eigenvalue weighted by atomic mass is 32.2. The summed E-state index contributed by atoms with van der Waals surface area (Å²) in [4.78, 5) is 12.3. The highest BCUT2D eigenvalue weighted by Crippen LogP contribution is 2.40. The normalized spacial score (nSPS) is 16.8. The Morgan fingerprint density at radius 1 is 1.27 bits per heavy atom. The van der Waals surface area contributed by atoms with Crippen LogP contribution < -0.4 is 5.32 Å². The Balaban J connectivity index is 1.87. The van der Waals surface area contributed by atoms with Crippen molar-refractivity contribution in [3.63, 3.8) is 0 Å². The van der Waals surface area contributed by atoms with Crippen LogP contribution in [0.1, 0.15) is 24.8 Å². The van der Waals surface area contributed by atoms with Crippen molar-refractivity contribution in [2.24, 2.45) is 5.41 Å². The number of carbonyl (C=O) groups excluding carboxylic acids is 1. The summed E-state index contributed by atoms with van der Waals surface area (Å²) in [6.45, 7) is 1.32. The fraction of sp³-hybridized carbons (Fsp3) is 0.562. The first kappa shape index (κ1) is 17.0. The molecular weight excluding hydrogens is 302 g/mol. The van der Waals surface area contributed by atoms with Crippen molar-refractivity contribution in [2.45, 2.75) is 30.6 Å². The molecule has 1 amide bonds. The molecule has 22 heavy (non-hydrogen) atoms. The predicted molar refractivity (Wildman–Crippen MR) is 84.4 cm³/mol. The number of hydrogen-bond acceptors (Lipinski definition) is 4. The average molecular weight is 325 g/mol. The number of amides is 1. The molecule has 122 valence electrons. The lowest BCUT2D eigenvalue weighted by molar-refractivity contribution is -0.121. The number of carbonyl (C=O) groups is 1. The molecule has 2 rings (SSSR count). The van der Waals surface area contributed by atoms with Crippen LogP contribution in [0.4, 0.5) is 0 Å². The number of nitrogens with one attached hydrogen (secondary N) is 1. The monoisotopic (exact) mass is 325 g/mol. The lowest BCUT2D eigenvalue weighted by Gasteiger charge is -2.41. The summed E-state index contributed by atoms with van der Waals surface area (Å²) in [6.07, 6.45) is 4.79. The SMILES string of the molecule is COCC1(CNC(=O)Cc2ccc(S(C)(=O)=O)cc2)CCC1. The molecule has 1 aliphatic rings. The standard InChI is InChI=1S/C16H23NO4S/c1-21-12-16(8-3-9-16)11-17-15(18)10-13-4-6-14(7-5-13)22(2,19)20/h4-7H,3,8-12H2,1-2H3,(H,17,18). The molecule has 0 saturated heterocycles. The highest BCUT2D eigenvalue weighted by molar-refractivity contribution is 7.90. The molecule has 0 heterocycles. The predicted octanol–water partition coefficient (Wildman–Crippen LogP) is 1.57. The molecule has 1 saturated carbocycles. The number of ether oxygens (including phenoxy) is 1. The Hall–Kier alpha value is -1.40.